The molecule has 1 aromatic carbocycles. The number of thiocarbonyl (C=S) groups is 1. The van der Waals surface area contributed by atoms with Crippen molar-refractivity contribution in [2.75, 3.05) is 6.54 Å². The fraction of sp³-hybridized carbons (Fsp3) is 0.429. The third kappa shape index (κ3) is 3.29. The molecular formula is C14H18N2OS. The first kappa shape index (κ1) is 13.0. The molecule has 1 aromatic rings. The van der Waals surface area contributed by atoms with E-state index in [0.29, 0.717) is 18.0 Å². The number of hydrogen-bond donors (Lipinski definition) is 2. The van der Waals surface area contributed by atoms with Gasteiger partial charge >= 0.3 is 0 Å². The number of rotatable bonds is 4. The number of aryl methyl sites for hydroxylation is 1. The van der Waals surface area contributed by atoms with Crippen molar-refractivity contribution in [1.29, 1.82) is 0 Å². The molecule has 4 heteroatoms. The molecule has 1 aliphatic carbocycles. The highest BCUT2D eigenvalue weighted by molar-refractivity contribution is 7.80. The normalized spacial score (nSPS) is 17.9. The summed E-state index contributed by atoms with van der Waals surface area (Å²) in [6.45, 7) is 0.548. The number of nitrogens with one attached hydrogen (secondary N) is 1. The van der Waals surface area contributed by atoms with Crippen LogP contribution in [-0.4, -0.2) is 17.4 Å². The van der Waals surface area contributed by atoms with Crippen LogP contribution in [0.15, 0.2) is 24.3 Å². The minimum absolute atomic E-state index is 0.0891. The van der Waals surface area contributed by atoms with E-state index in [1.165, 1.54) is 11.1 Å². The molecule has 0 saturated carbocycles. The van der Waals surface area contributed by atoms with Gasteiger partial charge in [-0.25, -0.2) is 0 Å². The molecule has 1 unspecified atom stereocenters. The Hall–Kier alpha value is -1.42. The van der Waals surface area contributed by atoms with Gasteiger partial charge in [-0.2, -0.15) is 0 Å². The highest BCUT2D eigenvalue weighted by Gasteiger charge is 2.23. The SMILES string of the molecule is NC(=S)CCNC(=O)C1CCc2ccccc2C1. The first-order valence-corrected chi connectivity index (χ1v) is 6.70. The van der Waals surface area contributed by atoms with Gasteiger partial charge < -0.3 is 11.1 Å². The van der Waals surface area contributed by atoms with Gasteiger partial charge in [-0.15, -0.1) is 0 Å². The maximum Gasteiger partial charge on any atom is 0.223 e. The molecule has 0 spiro atoms. The van der Waals surface area contributed by atoms with E-state index in [0.717, 1.165) is 19.3 Å². The van der Waals surface area contributed by atoms with Crippen LogP contribution >= 0.6 is 12.2 Å². The second kappa shape index (κ2) is 5.96. The predicted octanol–water partition coefficient (Wildman–Crippen LogP) is 1.58. The molecule has 0 fully saturated rings. The number of carbonyl (C=O) groups is 1. The number of benzene rings is 1. The van der Waals surface area contributed by atoms with Crippen molar-refractivity contribution in [2.45, 2.75) is 25.7 Å². The van der Waals surface area contributed by atoms with E-state index in [9.17, 15) is 4.79 Å². The smallest absolute Gasteiger partial charge is 0.223 e. The molecule has 0 radical (unpaired) electrons. The average Bonchev–Trinajstić information content (AvgIpc) is 2.37. The number of hydrogen-bond acceptors (Lipinski definition) is 2. The topological polar surface area (TPSA) is 55.1 Å². The standard InChI is InChI=1S/C14H18N2OS/c15-13(18)7-8-16-14(17)12-6-5-10-3-1-2-4-11(10)9-12/h1-4,12H,5-9H2,(H2,15,18)(H,16,17). The van der Waals surface area contributed by atoms with E-state index in [1.54, 1.807) is 0 Å². The molecule has 0 aromatic heterocycles. The van der Waals surface area contributed by atoms with E-state index in [1.807, 2.05) is 6.07 Å². The van der Waals surface area contributed by atoms with Gasteiger partial charge in [0, 0.05) is 18.9 Å². The zero-order valence-electron chi connectivity index (χ0n) is 10.3. The molecular weight excluding hydrogens is 244 g/mol. The fourth-order valence-electron chi connectivity index (χ4n) is 2.37. The Morgan fingerprint density at radius 2 is 2.11 bits per heavy atom. The number of amides is 1. The zero-order chi connectivity index (χ0) is 13.0. The third-order valence-electron chi connectivity index (χ3n) is 3.39. The molecule has 3 N–H and O–H groups in total. The molecule has 1 aliphatic rings. The van der Waals surface area contributed by atoms with Crippen molar-refractivity contribution in [3.05, 3.63) is 35.4 Å². The molecule has 18 heavy (non-hydrogen) atoms. The van der Waals surface area contributed by atoms with E-state index in [2.05, 4.69) is 23.5 Å². The van der Waals surface area contributed by atoms with Gasteiger partial charge in [-0.05, 0) is 30.4 Å². The summed E-state index contributed by atoms with van der Waals surface area (Å²) in [7, 11) is 0. The van der Waals surface area contributed by atoms with Gasteiger partial charge in [0.2, 0.25) is 5.91 Å². The first-order valence-electron chi connectivity index (χ1n) is 6.29. The van der Waals surface area contributed by atoms with Gasteiger partial charge in [0.25, 0.3) is 0 Å². The van der Waals surface area contributed by atoms with Crippen LogP contribution in [0.4, 0.5) is 0 Å². The summed E-state index contributed by atoms with van der Waals surface area (Å²) in [4.78, 5) is 12.4. The van der Waals surface area contributed by atoms with Crippen molar-refractivity contribution in [3.63, 3.8) is 0 Å². The summed E-state index contributed by atoms with van der Waals surface area (Å²) in [6, 6.07) is 8.35. The van der Waals surface area contributed by atoms with Crippen LogP contribution in [0.5, 0.6) is 0 Å². The summed E-state index contributed by atoms with van der Waals surface area (Å²) in [6.07, 6.45) is 3.33. The van der Waals surface area contributed by atoms with E-state index < -0.39 is 0 Å². The molecule has 0 heterocycles. The molecule has 3 nitrogen and oxygen atoms in total. The van der Waals surface area contributed by atoms with Crippen molar-refractivity contribution in [3.8, 4) is 0 Å². The molecule has 1 atom stereocenters. The molecule has 0 aliphatic heterocycles. The number of nitrogens with two attached hydrogens (primary N) is 1. The summed E-state index contributed by atoms with van der Waals surface area (Å²) >= 11 is 4.78. The van der Waals surface area contributed by atoms with Gasteiger partial charge in [0.15, 0.2) is 0 Å². The maximum atomic E-state index is 12.0. The van der Waals surface area contributed by atoms with Gasteiger partial charge in [-0.3, -0.25) is 4.79 Å². The van der Waals surface area contributed by atoms with Crippen molar-refractivity contribution in [1.82, 2.24) is 5.32 Å². The number of carbonyl (C=O) groups excluding carboxylic acids is 1. The Morgan fingerprint density at radius 3 is 2.83 bits per heavy atom. The Kier molecular flexibility index (Phi) is 4.31. The van der Waals surface area contributed by atoms with Gasteiger partial charge in [-0.1, -0.05) is 36.5 Å². The minimum Gasteiger partial charge on any atom is -0.393 e. The van der Waals surface area contributed by atoms with Crippen LogP contribution in [-0.2, 0) is 17.6 Å². The van der Waals surface area contributed by atoms with Crippen LogP contribution in [0, 0.1) is 5.92 Å². The van der Waals surface area contributed by atoms with Crippen LogP contribution in [0.1, 0.15) is 24.0 Å². The van der Waals surface area contributed by atoms with Crippen LogP contribution < -0.4 is 11.1 Å². The fourth-order valence-corrected chi connectivity index (χ4v) is 2.48. The summed E-state index contributed by atoms with van der Waals surface area (Å²) in [5, 5.41) is 2.91. The second-order valence-electron chi connectivity index (χ2n) is 4.72. The Balaban J connectivity index is 1.88. The Morgan fingerprint density at radius 1 is 1.39 bits per heavy atom. The third-order valence-corrected chi connectivity index (χ3v) is 3.59. The van der Waals surface area contributed by atoms with Gasteiger partial charge in [0.05, 0.1) is 4.99 Å². The van der Waals surface area contributed by atoms with Crippen molar-refractivity contribution >= 4 is 23.1 Å². The Bertz CT molecular complexity index is 459. The lowest BCUT2D eigenvalue weighted by Gasteiger charge is -2.23. The summed E-state index contributed by atoms with van der Waals surface area (Å²) in [5.41, 5.74) is 8.08. The summed E-state index contributed by atoms with van der Waals surface area (Å²) in [5.74, 6) is 0.215. The quantitative estimate of drug-likeness (QED) is 0.810. The summed E-state index contributed by atoms with van der Waals surface area (Å²) < 4.78 is 0. The lowest BCUT2D eigenvalue weighted by molar-refractivity contribution is -0.125. The lowest BCUT2D eigenvalue weighted by Crippen LogP contribution is -2.35. The van der Waals surface area contributed by atoms with Gasteiger partial charge in [0.1, 0.15) is 0 Å². The number of fused-ring (bicyclic) bond motifs is 1. The highest BCUT2D eigenvalue weighted by atomic mass is 32.1. The lowest BCUT2D eigenvalue weighted by atomic mass is 9.83. The van der Waals surface area contributed by atoms with Crippen molar-refractivity contribution in [2.24, 2.45) is 11.7 Å². The average molecular weight is 262 g/mol. The zero-order valence-corrected chi connectivity index (χ0v) is 11.1. The molecule has 96 valence electrons. The largest absolute Gasteiger partial charge is 0.393 e. The Labute approximate surface area is 113 Å². The first-order chi connectivity index (χ1) is 8.66. The second-order valence-corrected chi connectivity index (χ2v) is 5.24. The minimum atomic E-state index is 0.0891. The monoisotopic (exact) mass is 262 g/mol. The maximum absolute atomic E-state index is 12.0. The van der Waals surface area contributed by atoms with Crippen LogP contribution in [0.25, 0.3) is 0 Å². The molecule has 1 amide bonds. The van der Waals surface area contributed by atoms with E-state index >= 15 is 0 Å². The van der Waals surface area contributed by atoms with E-state index in [-0.39, 0.29) is 11.8 Å². The molecule has 0 bridgehead atoms. The van der Waals surface area contributed by atoms with Crippen molar-refractivity contribution < 1.29 is 4.79 Å². The van der Waals surface area contributed by atoms with Crippen LogP contribution in [0.3, 0.4) is 0 Å². The predicted molar refractivity (Wildman–Crippen MR) is 76.4 cm³/mol. The molecule has 2 rings (SSSR count). The highest BCUT2D eigenvalue weighted by Crippen LogP contribution is 2.25. The molecule has 0 saturated heterocycles. The van der Waals surface area contributed by atoms with Crippen LogP contribution in [0.2, 0.25) is 0 Å². The van der Waals surface area contributed by atoms with E-state index in [4.69, 9.17) is 18.0 Å².